The van der Waals surface area contributed by atoms with E-state index in [4.69, 9.17) is 9.26 Å². The standard InChI is InChI=1S/C21H21F3N4O3/c1-3-28(12-18(29)25-16-5-4-6-17(11-16)30-2)13-19-26-20(27-31-19)14-7-9-15(10-8-14)21(22,23)24/h4-11H,3,12-13H2,1-2H3,(H,25,29). The Hall–Kier alpha value is -3.40. The highest BCUT2D eigenvalue weighted by Gasteiger charge is 2.30. The number of amides is 1. The number of likely N-dealkylation sites (N-methyl/N-ethyl adjacent to an activating group) is 1. The van der Waals surface area contributed by atoms with Crippen molar-refractivity contribution in [1.29, 1.82) is 0 Å². The Bertz CT molecular complexity index is 1020. The monoisotopic (exact) mass is 434 g/mol. The Morgan fingerprint density at radius 2 is 1.94 bits per heavy atom. The zero-order valence-corrected chi connectivity index (χ0v) is 16.9. The van der Waals surface area contributed by atoms with Crippen LogP contribution in [0.1, 0.15) is 18.4 Å². The molecule has 31 heavy (non-hydrogen) atoms. The summed E-state index contributed by atoms with van der Waals surface area (Å²) < 4.78 is 48.4. The fourth-order valence-corrected chi connectivity index (χ4v) is 2.82. The number of nitrogens with one attached hydrogen (secondary N) is 1. The number of halogens is 3. The second kappa shape index (κ2) is 9.61. The smallest absolute Gasteiger partial charge is 0.416 e. The number of rotatable bonds is 8. The minimum atomic E-state index is -4.41. The number of alkyl halides is 3. The summed E-state index contributed by atoms with van der Waals surface area (Å²) in [6.45, 7) is 2.73. The summed E-state index contributed by atoms with van der Waals surface area (Å²) in [5.74, 6) is 0.843. The maximum Gasteiger partial charge on any atom is 0.416 e. The molecule has 1 heterocycles. The van der Waals surface area contributed by atoms with E-state index in [2.05, 4.69) is 15.5 Å². The van der Waals surface area contributed by atoms with Crippen molar-refractivity contribution in [3.63, 3.8) is 0 Å². The molecule has 0 saturated carbocycles. The predicted octanol–water partition coefficient (Wildman–Crippen LogP) is 4.22. The first kappa shape index (κ1) is 22.3. The van der Waals surface area contributed by atoms with Gasteiger partial charge in [-0.3, -0.25) is 9.69 Å². The molecule has 10 heteroatoms. The first-order chi connectivity index (χ1) is 14.8. The summed E-state index contributed by atoms with van der Waals surface area (Å²) in [5, 5.41) is 6.62. The fourth-order valence-electron chi connectivity index (χ4n) is 2.82. The lowest BCUT2D eigenvalue weighted by atomic mass is 10.1. The molecule has 0 fully saturated rings. The molecule has 0 radical (unpaired) electrons. The van der Waals surface area contributed by atoms with Crippen LogP contribution in [0.15, 0.2) is 53.1 Å². The summed E-state index contributed by atoms with van der Waals surface area (Å²) in [5.41, 5.74) is 0.267. The average Bonchev–Trinajstić information content (AvgIpc) is 3.21. The number of benzene rings is 2. The molecule has 7 nitrogen and oxygen atoms in total. The van der Waals surface area contributed by atoms with Crippen LogP contribution in [0, 0.1) is 0 Å². The molecule has 1 aromatic heterocycles. The number of carbonyl (C=O) groups is 1. The van der Waals surface area contributed by atoms with E-state index in [0.717, 1.165) is 12.1 Å². The van der Waals surface area contributed by atoms with Gasteiger partial charge in [-0.15, -0.1) is 0 Å². The molecule has 1 N–H and O–H groups in total. The lowest BCUT2D eigenvalue weighted by Gasteiger charge is -2.17. The number of ether oxygens (including phenoxy) is 1. The molecule has 0 atom stereocenters. The van der Waals surface area contributed by atoms with Crippen molar-refractivity contribution in [2.45, 2.75) is 19.6 Å². The van der Waals surface area contributed by atoms with Crippen LogP contribution in [0.4, 0.5) is 18.9 Å². The Labute approximate surface area is 176 Å². The topological polar surface area (TPSA) is 80.5 Å². The molecule has 0 aliphatic heterocycles. The molecule has 0 bridgehead atoms. The van der Waals surface area contributed by atoms with E-state index < -0.39 is 11.7 Å². The van der Waals surface area contributed by atoms with Crippen molar-refractivity contribution in [3.8, 4) is 17.1 Å². The Morgan fingerprint density at radius 3 is 2.58 bits per heavy atom. The van der Waals surface area contributed by atoms with Crippen LogP contribution in [-0.4, -0.2) is 41.1 Å². The van der Waals surface area contributed by atoms with Gasteiger partial charge in [0.05, 0.1) is 25.8 Å². The third-order valence-corrected chi connectivity index (χ3v) is 4.47. The number of hydrogen-bond acceptors (Lipinski definition) is 6. The van der Waals surface area contributed by atoms with E-state index in [1.165, 1.54) is 12.1 Å². The van der Waals surface area contributed by atoms with E-state index in [9.17, 15) is 18.0 Å². The molecule has 164 valence electrons. The molecule has 0 aliphatic rings. The molecule has 3 aromatic rings. The van der Waals surface area contributed by atoms with E-state index in [-0.39, 0.29) is 30.7 Å². The van der Waals surface area contributed by atoms with Crippen LogP contribution in [0.2, 0.25) is 0 Å². The van der Waals surface area contributed by atoms with Gasteiger partial charge >= 0.3 is 6.18 Å². The van der Waals surface area contributed by atoms with Gasteiger partial charge < -0.3 is 14.6 Å². The van der Waals surface area contributed by atoms with Crippen molar-refractivity contribution < 1.29 is 27.2 Å². The molecule has 3 rings (SSSR count). The van der Waals surface area contributed by atoms with Gasteiger partial charge in [-0.05, 0) is 30.8 Å². The van der Waals surface area contributed by atoms with Crippen LogP contribution in [-0.2, 0) is 17.5 Å². The Morgan fingerprint density at radius 1 is 1.19 bits per heavy atom. The van der Waals surface area contributed by atoms with Gasteiger partial charge in [0.1, 0.15) is 5.75 Å². The van der Waals surface area contributed by atoms with E-state index >= 15 is 0 Å². The van der Waals surface area contributed by atoms with Crippen LogP contribution in [0.3, 0.4) is 0 Å². The highest BCUT2D eigenvalue weighted by Crippen LogP contribution is 2.30. The van der Waals surface area contributed by atoms with Crippen LogP contribution in [0.5, 0.6) is 5.75 Å². The largest absolute Gasteiger partial charge is 0.497 e. The molecule has 0 saturated heterocycles. The van der Waals surface area contributed by atoms with Gasteiger partial charge in [0.25, 0.3) is 0 Å². The van der Waals surface area contributed by atoms with Gasteiger partial charge in [-0.1, -0.05) is 30.3 Å². The van der Waals surface area contributed by atoms with Gasteiger partial charge in [0.2, 0.25) is 17.6 Å². The third-order valence-electron chi connectivity index (χ3n) is 4.47. The maximum absolute atomic E-state index is 12.7. The molecule has 0 spiro atoms. The lowest BCUT2D eigenvalue weighted by molar-refractivity contribution is -0.137. The number of carbonyl (C=O) groups excluding carboxylic acids is 1. The number of nitrogens with zero attached hydrogens (tertiary/aromatic N) is 3. The molecule has 1 amide bonds. The predicted molar refractivity (Wildman–Crippen MR) is 107 cm³/mol. The van der Waals surface area contributed by atoms with Gasteiger partial charge in [0.15, 0.2) is 0 Å². The maximum atomic E-state index is 12.7. The summed E-state index contributed by atoms with van der Waals surface area (Å²) >= 11 is 0. The normalized spacial score (nSPS) is 11.5. The van der Waals surface area contributed by atoms with E-state index in [0.29, 0.717) is 23.5 Å². The fraction of sp³-hybridized carbons (Fsp3) is 0.286. The zero-order valence-electron chi connectivity index (χ0n) is 16.9. The van der Waals surface area contributed by atoms with Crippen molar-refractivity contribution in [2.75, 3.05) is 25.5 Å². The molecular formula is C21H21F3N4O3. The first-order valence-electron chi connectivity index (χ1n) is 9.45. The SMILES string of the molecule is CCN(CC(=O)Nc1cccc(OC)c1)Cc1nc(-c2ccc(C(F)(F)F)cc2)no1. The van der Waals surface area contributed by atoms with Gasteiger partial charge in [-0.2, -0.15) is 18.2 Å². The van der Waals surface area contributed by atoms with Crippen LogP contribution >= 0.6 is 0 Å². The van der Waals surface area contributed by atoms with Crippen molar-refractivity contribution in [1.82, 2.24) is 15.0 Å². The Kier molecular flexibility index (Phi) is 6.91. The molecule has 0 unspecified atom stereocenters. The van der Waals surface area contributed by atoms with Crippen LogP contribution in [0.25, 0.3) is 11.4 Å². The van der Waals surface area contributed by atoms with E-state index in [1.54, 1.807) is 36.3 Å². The Balaban J connectivity index is 1.60. The number of methoxy groups -OCH3 is 1. The number of hydrogen-bond donors (Lipinski definition) is 1. The van der Waals surface area contributed by atoms with Crippen molar-refractivity contribution >= 4 is 11.6 Å². The van der Waals surface area contributed by atoms with Gasteiger partial charge in [-0.25, -0.2) is 0 Å². The third kappa shape index (κ3) is 6.05. The average molecular weight is 434 g/mol. The summed E-state index contributed by atoms with van der Waals surface area (Å²) in [4.78, 5) is 18.4. The number of aromatic nitrogens is 2. The second-order valence-corrected chi connectivity index (χ2v) is 6.67. The van der Waals surface area contributed by atoms with E-state index in [1.807, 2.05) is 6.92 Å². The lowest BCUT2D eigenvalue weighted by Crippen LogP contribution is -2.32. The van der Waals surface area contributed by atoms with Crippen LogP contribution < -0.4 is 10.1 Å². The molecular weight excluding hydrogens is 413 g/mol. The highest BCUT2D eigenvalue weighted by molar-refractivity contribution is 5.92. The first-order valence-corrected chi connectivity index (χ1v) is 9.45. The summed E-state index contributed by atoms with van der Waals surface area (Å²) in [7, 11) is 1.54. The number of anilines is 1. The van der Waals surface area contributed by atoms with Gasteiger partial charge in [0, 0.05) is 17.3 Å². The van der Waals surface area contributed by atoms with Crippen molar-refractivity contribution in [3.05, 3.63) is 60.0 Å². The summed E-state index contributed by atoms with van der Waals surface area (Å²) in [6, 6.07) is 11.5. The minimum Gasteiger partial charge on any atom is -0.497 e. The minimum absolute atomic E-state index is 0.0890. The molecule has 0 aliphatic carbocycles. The quantitative estimate of drug-likeness (QED) is 0.572. The molecule has 2 aromatic carbocycles. The highest BCUT2D eigenvalue weighted by atomic mass is 19.4. The summed E-state index contributed by atoms with van der Waals surface area (Å²) in [6.07, 6.45) is -4.41. The zero-order chi connectivity index (χ0) is 22.4. The second-order valence-electron chi connectivity index (χ2n) is 6.67. The van der Waals surface area contributed by atoms with Crippen molar-refractivity contribution in [2.24, 2.45) is 0 Å².